The van der Waals surface area contributed by atoms with E-state index in [1.54, 1.807) is 19.4 Å². The molecule has 3 N–H and O–H groups in total. The molecule has 0 aliphatic heterocycles. The summed E-state index contributed by atoms with van der Waals surface area (Å²) in [6, 6.07) is 0. The van der Waals surface area contributed by atoms with Crippen molar-refractivity contribution in [3.05, 3.63) is 12.0 Å². The minimum atomic E-state index is -1.39. The molecule has 0 saturated heterocycles. The Labute approximate surface area is 79.7 Å². The summed E-state index contributed by atoms with van der Waals surface area (Å²) in [5.41, 5.74) is 0.176. The van der Waals surface area contributed by atoms with E-state index < -0.39 is 12.0 Å². The Balaban J connectivity index is 2.98. The van der Waals surface area contributed by atoms with Crippen molar-refractivity contribution in [2.45, 2.75) is 0 Å². The van der Waals surface area contributed by atoms with Crippen molar-refractivity contribution in [3.8, 4) is 0 Å². The number of hydrogen-bond donors (Lipinski definition) is 3. The van der Waals surface area contributed by atoms with Gasteiger partial charge < -0.3 is 15.0 Å². The molecule has 0 aliphatic carbocycles. The molecule has 76 valence electrons. The lowest BCUT2D eigenvalue weighted by molar-refractivity contribution is 0.0941. The van der Waals surface area contributed by atoms with E-state index in [1.165, 1.54) is 10.9 Å². The van der Waals surface area contributed by atoms with E-state index in [-0.39, 0.29) is 5.69 Å². The Hall–Kier alpha value is -2.05. The quantitative estimate of drug-likeness (QED) is 0.615. The maximum absolute atomic E-state index is 11.3. The third kappa shape index (κ3) is 1.82. The van der Waals surface area contributed by atoms with Crippen LogP contribution in [0.15, 0.2) is 6.33 Å². The number of imidazole rings is 1. The molecule has 0 atom stereocenters. The number of nitrogens with one attached hydrogen (secondary N) is 2. The van der Waals surface area contributed by atoms with Gasteiger partial charge in [0.1, 0.15) is 0 Å². The van der Waals surface area contributed by atoms with Gasteiger partial charge in [-0.05, 0) is 0 Å². The summed E-state index contributed by atoms with van der Waals surface area (Å²) in [5, 5.41) is 12.8. The number of carbonyl (C=O) groups excluding carboxylic acids is 1. The van der Waals surface area contributed by atoms with Gasteiger partial charge in [-0.2, -0.15) is 0 Å². The molecule has 0 radical (unpaired) electrons. The molecule has 14 heavy (non-hydrogen) atoms. The zero-order chi connectivity index (χ0) is 10.7. The lowest BCUT2D eigenvalue weighted by Gasteiger charge is -2.03. The van der Waals surface area contributed by atoms with Crippen molar-refractivity contribution < 1.29 is 14.7 Å². The van der Waals surface area contributed by atoms with Crippen LogP contribution in [0.5, 0.6) is 0 Å². The number of imide groups is 1. The van der Waals surface area contributed by atoms with Gasteiger partial charge in [0.15, 0.2) is 11.5 Å². The Morgan fingerprint density at radius 3 is 2.71 bits per heavy atom. The molecule has 0 aromatic carbocycles. The summed E-state index contributed by atoms with van der Waals surface area (Å²) >= 11 is 0. The Morgan fingerprint density at radius 1 is 1.57 bits per heavy atom. The number of anilines is 1. The minimum Gasteiger partial charge on any atom is -0.465 e. The van der Waals surface area contributed by atoms with Crippen molar-refractivity contribution in [2.75, 3.05) is 12.4 Å². The van der Waals surface area contributed by atoms with Gasteiger partial charge in [-0.3, -0.25) is 10.1 Å². The normalized spacial score (nSPS) is 9.57. The number of aryl methyl sites for hydroxylation is 1. The summed E-state index contributed by atoms with van der Waals surface area (Å²) in [4.78, 5) is 25.4. The van der Waals surface area contributed by atoms with Crippen LogP contribution in [-0.4, -0.2) is 33.7 Å². The highest BCUT2D eigenvalue weighted by atomic mass is 16.4. The van der Waals surface area contributed by atoms with Crippen LogP contribution >= 0.6 is 0 Å². The van der Waals surface area contributed by atoms with E-state index in [2.05, 4.69) is 10.3 Å². The summed E-state index contributed by atoms with van der Waals surface area (Å²) in [7, 11) is 3.20. The van der Waals surface area contributed by atoms with E-state index in [0.29, 0.717) is 5.82 Å². The summed E-state index contributed by atoms with van der Waals surface area (Å²) in [6.07, 6.45) is 0.0287. The van der Waals surface area contributed by atoms with Crippen LogP contribution in [0.25, 0.3) is 0 Å². The smallest absolute Gasteiger partial charge is 0.411 e. The van der Waals surface area contributed by atoms with Gasteiger partial charge in [-0.15, -0.1) is 0 Å². The van der Waals surface area contributed by atoms with Crippen LogP contribution in [-0.2, 0) is 7.05 Å². The van der Waals surface area contributed by atoms with E-state index in [4.69, 9.17) is 5.11 Å². The Kier molecular flexibility index (Phi) is 2.70. The zero-order valence-corrected chi connectivity index (χ0v) is 7.74. The highest BCUT2D eigenvalue weighted by molar-refractivity contribution is 6.04. The summed E-state index contributed by atoms with van der Waals surface area (Å²) in [6.45, 7) is 0. The van der Waals surface area contributed by atoms with Crippen molar-refractivity contribution in [2.24, 2.45) is 7.05 Å². The van der Waals surface area contributed by atoms with Crippen molar-refractivity contribution in [3.63, 3.8) is 0 Å². The lowest BCUT2D eigenvalue weighted by atomic mass is 10.4. The van der Waals surface area contributed by atoms with Crippen LogP contribution in [0.2, 0.25) is 0 Å². The van der Waals surface area contributed by atoms with E-state index in [0.717, 1.165) is 0 Å². The molecule has 0 saturated carbocycles. The third-order valence-electron chi connectivity index (χ3n) is 1.61. The highest BCUT2D eigenvalue weighted by Gasteiger charge is 2.17. The average molecular weight is 198 g/mol. The first-order valence-electron chi connectivity index (χ1n) is 3.79. The number of carboxylic acid groups (broad SMARTS) is 1. The van der Waals surface area contributed by atoms with Crippen molar-refractivity contribution >= 4 is 17.8 Å². The largest absolute Gasteiger partial charge is 0.465 e. The van der Waals surface area contributed by atoms with Crippen LogP contribution in [0, 0.1) is 0 Å². The zero-order valence-electron chi connectivity index (χ0n) is 7.74. The van der Waals surface area contributed by atoms with Crippen LogP contribution in [0.1, 0.15) is 10.5 Å². The maximum atomic E-state index is 11.3. The number of aromatic nitrogens is 2. The van der Waals surface area contributed by atoms with E-state index >= 15 is 0 Å². The first-order chi connectivity index (χ1) is 6.56. The van der Waals surface area contributed by atoms with Crippen LogP contribution in [0.4, 0.5) is 10.6 Å². The molecule has 0 fully saturated rings. The first-order valence-corrected chi connectivity index (χ1v) is 3.79. The fourth-order valence-electron chi connectivity index (χ4n) is 1.04. The fourth-order valence-corrected chi connectivity index (χ4v) is 1.04. The predicted molar refractivity (Wildman–Crippen MR) is 48.2 cm³/mol. The average Bonchev–Trinajstić information content (AvgIpc) is 2.45. The number of hydrogen-bond acceptors (Lipinski definition) is 4. The molecule has 7 heteroatoms. The molecular formula is C7H10N4O3. The maximum Gasteiger partial charge on any atom is 0.411 e. The summed E-state index contributed by atoms with van der Waals surface area (Å²) in [5.74, 6) is -0.367. The van der Waals surface area contributed by atoms with Gasteiger partial charge in [0, 0.05) is 14.1 Å². The van der Waals surface area contributed by atoms with Gasteiger partial charge in [-0.25, -0.2) is 9.78 Å². The molecule has 7 nitrogen and oxygen atoms in total. The predicted octanol–water partition coefficient (Wildman–Crippen LogP) is -0.130. The summed E-state index contributed by atoms with van der Waals surface area (Å²) < 4.78 is 1.43. The number of rotatable bonds is 2. The van der Waals surface area contributed by atoms with Gasteiger partial charge in [-0.1, -0.05) is 0 Å². The Morgan fingerprint density at radius 2 is 2.21 bits per heavy atom. The van der Waals surface area contributed by atoms with Crippen LogP contribution in [0.3, 0.4) is 0 Å². The van der Waals surface area contributed by atoms with Crippen molar-refractivity contribution in [1.29, 1.82) is 0 Å². The molecule has 1 rings (SSSR count). The minimum absolute atomic E-state index is 0.176. The second-order valence-corrected chi connectivity index (χ2v) is 2.56. The van der Waals surface area contributed by atoms with Gasteiger partial charge >= 0.3 is 6.09 Å². The number of nitrogens with zero attached hydrogens (tertiary/aromatic N) is 2. The fraction of sp³-hybridized carbons (Fsp3) is 0.286. The molecule has 0 spiro atoms. The standard InChI is InChI=1S/C7H10N4O3/c1-8-5-4(11(2)3-9-5)6(12)10-7(13)14/h3,8H,1-2H3,(H,10,12)(H,13,14). The SMILES string of the molecule is CNc1ncn(C)c1C(=O)NC(=O)O. The highest BCUT2D eigenvalue weighted by Crippen LogP contribution is 2.10. The second-order valence-electron chi connectivity index (χ2n) is 2.56. The molecule has 0 bridgehead atoms. The molecule has 1 aromatic rings. The molecule has 2 amide bonds. The monoisotopic (exact) mass is 198 g/mol. The van der Waals surface area contributed by atoms with Gasteiger partial charge in [0.25, 0.3) is 5.91 Å². The topological polar surface area (TPSA) is 96.3 Å². The third-order valence-corrected chi connectivity index (χ3v) is 1.61. The van der Waals surface area contributed by atoms with Gasteiger partial charge in [0.2, 0.25) is 0 Å². The molecular weight excluding hydrogens is 188 g/mol. The van der Waals surface area contributed by atoms with Crippen LogP contribution < -0.4 is 10.6 Å². The van der Waals surface area contributed by atoms with E-state index in [1.807, 2.05) is 0 Å². The molecule has 0 unspecified atom stereocenters. The molecule has 0 aliphatic rings. The second kappa shape index (κ2) is 3.77. The first kappa shape index (κ1) is 10.0. The Bertz CT molecular complexity index is 371. The lowest BCUT2D eigenvalue weighted by Crippen LogP contribution is -2.30. The van der Waals surface area contributed by atoms with E-state index in [9.17, 15) is 9.59 Å². The van der Waals surface area contributed by atoms with Gasteiger partial charge in [0.05, 0.1) is 6.33 Å². The number of amides is 2. The molecule has 1 heterocycles. The molecule has 1 aromatic heterocycles. The number of carbonyl (C=O) groups is 2. The van der Waals surface area contributed by atoms with Crippen molar-refractivity contribution in [1.82, 2.24) is 14.9 Å².